The third-order valence-corrected chi connectivity index (χ3v) is 3.60. The fourth-order valence-electron chi connectivity index (χ4n) is 2.58. The van der Waals surface area contributed by atoms with Crippen LogP contribution in [-0.4, -0.2) is 35.7 Å². The maximum Gasteiger partial charge on any atom is 0.237 e. The van der Waals surface area contributed by atoms with Crippen LogP contribution in [0.4, 0.5) is 0 Å². The maximum atomic E-state index is 11.9. The number of aliphatic hydroxyl groups is 1. The van der Waals surface area contributed by atoms with Gasteiger partial charge in [-0.3, -0.25) is 4.79 Å². The summed E-state index contributed by atoms with van der Waals surface area (Å²) in [4.78, 5) is 11.9. The molecule has 0 bridgehead atoms. The SMILES string of the molecule is CC(NCC(O)CC(C)(C)C)C(=O)NC1CCCC1. The summed E-state index contributed by atoms with van der Waals surface area (Å²) in [6.07, 6.45) is 4.98. The molecule has 0 aromatic heterocycles. The summed E-state index contributed by atoms with van der Waals surface area (Å²) in [5.41, 5.74) is 0.108. The van der Waals surface area contributed by atoms with E-state index in [4.69, 9.17) is 0 Å². The number of hydrogen-bond donors (Lipinski definition) is 3. The summed E-state index contributed by atoms with van der Waals surface area (Å²) in [5.74, 6) is 0.0508. The lowest BCUT2D eigenvalue weighted by Crippen LogP contribution is -2.47. The van der Waals surface area contributed by atoms with Crippen molar-refractivity contribution in [2.24, 2.45) is 5.41 Å². The van der Waals surface area contributed by atoms with E-state index in [1.165, 1.54) is 12.8 Å². The van der Waals surface area contributed by atoms with Crippen molar-refractivity contribution in [3.05, 3.63) is 0 Å². The van der Waals surface area contributed by atoms with Crippen LogP contribution in [-0.2, 0) is 4.79 Å². The minimum absolute atomic E-state index is 0.0508. The second kappa shape index (κ2) is 7.25. The zero-order valence-electron chi connectivity index (χ0n) is 12.8. The minimum atomic E-state index is -0.401. The van der Waals surface area contributed by atoms with E-state index in [1.807, 2.05) is 6.92 Å². The van der Waals surface area contributed by atoms with E-state index in [1.54, 1.807) is 0 Å². The van der Waals surface area contributed by atoms with Gasteiger partial charge in [0.2, 0.25) is 5.91 Å². The molecule has 0 aromatic carbocycles. The first-order valence-electron chi connectivity index (χ1n) is 7.50. The van der Waals surface area contributed by atoms with Gasteiger partial charge in [0.25, 0.3) is 0 Å². The Labute approximate surface area is 117 Å². The molecule has 1 rings (SSSR count). The zero-order valence-corrected chi connectivity index (χ0v) is 12.8. The van der Waals surface area contributed by atoms with E-state index in [2.05, 4.69) is 31.4 Å². The second-order valence-electron chi connectivity index (χ2n) is 7.04. The number of carbonyl (C=O) groups is 1. The molecule has 0 radical (unpaired) electrons. The monoisotopic (exact) mass is 270 g/mol. The van der Waals surface area contributed by atoms with Crippen LogP contribution in [0.15, 0.2) is 0 Å². The van der Waals surface area contributed by atoms with Gasteiger partial charge >= 0.3 is 0 Å². The van der Waals surface area contributed by atoms with Crippen molar-refractivity contribution in [3.63, 3.8) is 0 Å². The number of hydrogen-bond acceptors (Lipinski definition) is 3. The maximum absolute atomic E-state index is 11.9. The van der Waals surface area contributed by atoms with Crippen molar-refractivity contribution >= 4 is 5.91 Å². The molecule has 2 atom stereocenters. The molecule has 0 heterocycles. The average molecular weight is 270 g/mol. The quantitative estimate of drug-likeness (QED) is 0.690. The number of carbonyl (C=O) groups excluding carboxylic acids is 1. The largest absolute Gasteiger partial charge is 0.392 e. The fourth-order valence-corrected chi connectivity index (χ4v) is 2.58. The minimum Gasteiger partial charge on any atom is -0.392 e. The molecule has 0 spiro atoms. The predicted molar refractivity (Wildman–Crippen MR) is 77.9 cm³/mol. The summed E-state index contributed by atoms with van der Waals surface area (Å²) < 4.78 is 0. The molecule has 0 saturated heterocycles. The third-order valence-electron chi connectivity index (χ3n) is 3.60. The lowest BCUT2D eigenvalue weighted by Gasteiger charge is -2.24. The molecule has 0 aromatic rings. The van der Waals surface area contributed by atoms with E-state index in [9.17, 15) is 9.90 Å². The first-order valence-corrected chi connectivity index (χ1v) is 7.50. The molecule has 1 aliphatic rings. The fraction of sp³-hybridized carbons (Fsp3) is 0.933. The van der Waals surface area contributed by atoms with E-state index in [0.29, 0.717) is 12.6 Å². The smallest absolute Gasteiger partial charge is 0.237 e. The van der Waals surface area contributed by atoms with Gasteiger partial charge in [-0.1, -0.05) is 33.6 Å². The van der Waals surface area contributed by atoms with Crippen molar-refractivity contribution in [1.29, 1.82) is 0 Å². The molecule has 1 amide bonds. The normalized spacial score (nSPS) is 20.3. The van der Waals surface area contributed by atoms with E-state index < -0.39 is 6.10 Å². The molecule has 4 nitrogen and oxygen atoms in total. The Balaban J connectivity index is 2.22. The van der Waals surface area contributed by atoms with Crippen molar-refractivity contribution in [1.82, 2.24) is 10.6 Å². The first-order chi connectivity index (χ1) is 8.78. The summed E-state index contributed by atoms with van der Waals surface area (Å²) in [5, 5.41) is 16.1. The molecule has 2 unspecified atom stereocenters. The average Bonchev–Trinajstić information content (AvgIpc) is 2.76. The summed E-state index contributed by atoms with van der Waals surface area (Å²) in [6.45, 7) is 8.63. The molecular weight excluding hydrogens is 240 g/mol. The van der Waals surface area contributed by atoms with Crippen LogP contribution in [0.5, 0.6) is 0 Å². The Bertz CT molecular complexity index is 280. The molecular formula is C15H30N2O2. The highest BCUT2D eigenvalue weighted by Crippen LogP contribution is 2.20. The van der Waals surface area contributed by atoms with Gasteiger partial charge in [0.1, 0.15) is 0 Å². The van der Waals surface area contributed by atoms with Gasteiger partial charge in [-0.25, -0.2) is 0 Å². The Morgan fingerprint density at radius 1 is 1.32 bits per heavy atom. The number of nitrogens with one attached hydrogen (secondary N) is 2. The van der Waals surface area contributed by atoms with Crippen LogP contribution in [0.2, 0.25) is 0 Å². The summed E-state index contributed by atoms with van der Waals surface area (Å²) in [6, 6.07) is 0.117. The highest BCUT2D eigenvalue weighted by atomic mass is 16.3. The Morgan fingerprint density at radius 3 is 2.42 bits per heavy atom. The Morgan fingerprint density at radius 2 is 1.89 bits per heavy atom. The first kappa shape index (κ1) is 16.4. The van der Waals surface area contributed by atoms with Crippen molar-refractivity contribution in [3.8, 4) is 0 Å². The zero-order chi connectivity index (χ0) is 14.5. The van der Waals surface area contributed by atoms with Gasteiger partial charge < -0.3 is 15.7 Å². The van der Waals surface area contributed by atoms with Gasteiger partial charge in [0.05, 0.1) is 12.1 Å². The van der Waals surface area contributed by atoms with Gasteiger partial charge in [-0.2, -0.15) is 0 Å². The van der Waals surface area contributed by atoms with Crippen LogP contribution >= 0.6 is 0 Å². The van der Waals surface area contributed by atoms with Crippen molar-refractivity contribution in [2.45, 2.75) is 78.0 Å². The highest BCUT2D eigenvalue weighted by molar-refractivity contribution is 5.81. The molecule has 19 heavy (non-hydrogen) atoms. The molecule has 0 aliphatic heterocycles. The highest BCUT2D eigenvalue weighted by Gasteiger charge is 2.22. The van der Waals surface area contributed by atoms with Gasteiger partial charge in [0, 0.05) is 12.6 Å². The van der Waals surface area contributed by atoms with E-state index in [-0.39, 0.29) is 17.4 Å². The molecule has 1 aliphatic carbocycles. The van der Waals surface area contributed by atoms with Crippen LogP contribution < -0.4 is 10.6 Å². The van der Waals surface area contributed by atoms with Crippen LogP contribution in [0.25, 0.3) is 0 Å². The lowest BCUT2D eigenvalue weighted by atomic mass is 9.89. The number of rotatable bonds is 6. The molecule has 1 fully saturated rings. The van der Waals surface area contributed by atoms with E-state index in [0.717, 1.165) is 19.3 Å². The topological polar surface area (TPSA) is 61.4 Å². The Kier molecular flexibility index (Phi) is 6.27. The lowest BCUT2D eigenvalue weighted by molar-refractivity contribution is -0.123. The molecule has 4 heteroatoms. The van der Waals surface area contributed by atoms with Crippen LogP contribution in [0, 0.1) is 5.41 Å². The molecule has 3 N–H and O–H groups in total. The summed E-state index contributed by atoms with van der Waals surface area (Å²) in [7, 11) is 0. The van der Waals surface area contributed by atoms with Gasteiger partial charge in [-0.15, -0.1) is 0 Å². The number of amides is 1. The second-order valence-corrected chi connectivity index (χ2v) is 7.04. The summed E-state index contributed by atoms with van der Waals surface area (Å²) >= 11 is 0. The van der Waals surface area contributed by atoms with E-state index >= 15 is 0 Å². The Hall–Kier alpha value is -0.610. The third kappa shape index (κ3) is 6.92. The standard InChI is InChI=1S/C15H30N2O2/c1-11(14(19)17-12-7-5-6-8-12)16-10-13(18)9-15(2,3)4/h11-13,16,18H,5-10H2,1-4H3,(H,17,19). The molecule has 1 saturated carbocycles. The molecule has 112 valence electrons. The van der Waals surface area contributed by atoms with Crippen molar-refractivity contribution in [2.75, 3.05) is 6.54 Å². The predicted octanol–water partition coefficient (Wildman–Crippen LogP) is 1.82. The van der Waals surface area contributed by atoms with Crippen LogP contribution in [0.1, 0.15) is 59.8 Å². The van der Waals surface area contributed by atoms with Crippen molar-refractivity contribution < 1.29 is 9.90 Å². The van der Waals surface area contributed by atoms with Crippen LogP contribution in [0.3, 0.4) is 0 Å². The van der Waals surface area contributed by atoms with Gasteiger partial charge in [0.15, 0.2) is 0 Å². The van der Waals surface area contributed by atoms with Gasteiger partial charge in [-0.05, 0) is 31.6 Å². The number of aliphatic hydroxyl groups excluding tert-OH is 1.